The van der Waals surface area contributed by atoms with Crippen LogP contribution in [0, 0.1) is 5.92 Å². The molecule has 1 atom stereocenters. The molecule has 1 aromatic carbocycles. The number of esters is 1. The van der Waals surface area contributed by atoms with Gasteiger partial charge in [-0.1, -0.05) is 37.6 Å². The number of methoxy groups -OCH3 is 1. The zero-order chi connectivity index (χ0) is 29.4. The number of amides is 1. The molecule has 4 N–H and O–H groups in total. The summed E-state index contributed by atoms with van der Waals surface area (Å²) in [4.78, 5) is 50.0. The molecule has 4 rings (SSSR count). The van der Waals surface area contributed by atoms with Gasteiger partial charge in [0.1, 0.15) is 5.52 Å². The Kier molecular flexibility index (Phi) is 10.3. The molecule has 2 aromatic heterocycles. The highest BCUT2D eigenvalue weighted by atomic mass is 16.5. The summed E-state index contributed by atoms with van der Waals surface area (Å²) >= 11 is 0. The van der Waals surface area contributed by atoms with Gasteiger partial charge in [0.05, 0.1) is 20.1 Å². The molecule has 12 nitrogen and oxygen atoms in total. The van der Waals surface area contributed by atoms with Gasteiger partial charge in [-0.3, -0.25) is 14.2 Å². The van der Waals surface area contributed by atoms with Crippen LogP contribution in [0.3, 0.4) is 0 Å². The van der Waals surface area contributed by atoms with Gasteiger partial charge in [-0.05, 0) is 42.7 Å². The number of benzene rings is 1. The van der Waals surface area contributed by atoms with E-state index in [0.717, 1.165) is 36.8 Å². The first-order chi connectivity index (χ1) is 19.8. The number of carbonyl (C=O) groups is 2. The van der Waals surface area contributed by atoms with E-state index in [1.165, 1.54) is 7.11 Å². The Hall–Kier alpha value is -3.93. The van der Waals surface area contributed by atoms with Crippen LogP contribution in [0.15, 0.2) is 29.1 Å². The molecule has 0 bridgehead atoms. The van der Waals surface area contributed by atoms with Gasteiger partial charge in [0.25, 0.3) is 0 Å². The lowest BCUT2D eigenvalue weighted by atomic mass is 9.87. The number of H-pyrrole nitrogens is 1. The second-order valence-corrected chi connectivity index (χ2v) is 10.6. The average Bonchev–Trinajstić information content (AvgIpc) is 3.28. The predicted octanol–water partition coefficient (Wildman–Crippen LogP) is 2.40. The number of aromatic nitrogens is 4. The summed E-state index contributed by atoms with van der Waals surface area (Å²) in [7, 11) is 1.38. The van der Waals surface area contributed by atoms with E-state index in [1.54, 1.807) is 11.5 Å². The van der Waals surface area contributed by atoms with Crippen molar-refractivity contribution in [3.05, 3.63) is 45.9 Å². The summed E-state index contributed by atoms with van der Waals surface area (Å²) in [5.41, 5.74) is 8.60. The average molecular weight is 568 g/mol. The van der Waals surface area contributed by atoms with Crippen molar-refractivity contribution in [2.24, 2.45) is 5.92 Å². The van der Waals surface area contributed by atoms with Crippen LogP contribution in [-0.4, -0.2) is 69.1 Å². The molecule has 0 radical (unpaired) electrons. The van der Waals surface area contributed by atoms with Gasteiger partial charge in [-0.15, -0.1) is 0 Å². The third-order valence-corrected chi connectivity index (χ3v) is 7.71. The standard InChI is InChI=1S/C29H41N7O5/c1-4-5-15-41-28-33-26(30)25-27(34-28)36(29(39)32-25)14-11-23(22-9-12-35(13-10-22)19(2)37)31-18-21-8-6-7-20(16-21)17-24(38)40-3/h6-8,16,22-23,31H,4-5,9-15,17-18H2,1-3H3,(H,32,39)(H2,30,33,34). The molecule has 0 saturated carbocycles. The minimum Gasteiger partial charge on any atom is -0.469 e. The maximum Gasteiger partial charge on any atom is 0.327 e. The molecule has 1 saturated heterocycles. The van der Waals surface area contributed by atoms with E-state index < -0.39 is 0 Å². The second kappa shape index (κ2) is 14.1. The molecule has 1 amide bonds. The normalized spacial score (nSPS) is 14.8. The molecule has 1 aliphatic heterocycles. The van der Waals surface area contributed by atoms with Crippen LogP contribution in [0.25, 0.3) is 11.2 Å². The molecule has 0 aliphatic carbocycles. The molecule has 41 heavy (non-hydrogen) atoms. The van der Waals surface area contributed by atoms with Crippen LogP contribution in [0.2, 0.25) is 0 Å². The van der Waals surface area contributed by atoms with Crippen molar-refractivity contribution in [3.8, 4) is 6.01 Å². The first-order valence-electron chi connectivity index (χ1n) is 14.3. The van der Waals surface area contributed by atoms with Gasteiger partial charge in [-0.2, -0.15) is 9.97 Å². The highest BCUT2D eigenvalue weighted by Crippen LogP contribution is 2.25. The molecule has 3 aromatic rings. The van der Waals surface area contributed by atoms with E-state index >= 15 is 0 Å². The highest BCUT2D eigenvalue weighted by Gasteiger charge is 2.28. The van der Waals surface area contributed by atoms with E-state index in [4.69, 9.17) is 15.2 Å². The van der Waals surface area contributed by atoms with E-state index in [1.807, 2.05) is 29.2 Å². The van der Waals surface area contributed by atoms with Gasteiger partial charge < -0.3 is 30.4 Å². The van der Waals surface area contributed by atoms with Crippen LogP contribution >= 0.6 is 0 Å². The predicted molar refractivity (Wildman–Crippen MR) is 155 cm³/mol. The maximum atomic E-state index is 12.9. The summed E-state index contributed by atoms with van der Waals surface area (Å²) in [6.07, 6.45) is 4.45. The fraction of sp³-hybridized carbons (Fsp3) is 0.552. The van der Waals surface area contributed by atoms with E-state index in [-0.39, 0.29) is 41.9 Å². The number of piperidine rings is 1. The van der Waals surface area contributed by atoms with Gasteiger partial charge in [-0.25, -0.2) is 4.79 Å². The minimum atomic E-state index is -0.299. The Balaban J connectivity index is 1.51. The number of imidazole rings is 1. The smallest absolute Gasteiger partial charge is 0.327 e. The van der Waals surface area contributed by atoms with E-state index in [0.29, 0.717) is 56.3 Å². The topological polar surface area (TPSA) is 157 Å². The van der Waals surface area contributed by atoms with Crippen molar-refractivity contribution >= 4 is 28.9 Å². The SMILES string of the molecule is CCCCOc1nc(N)c2[nH]c(=O)n(CCC(NCc3cccc(CC(=O)OC)c3)C3CCN(C(C)=O)CC3)c2n1. The first-order valence-corrected chi connectivity index (χ1v) is 14.3. The Labute approximate surface area is 239 Å². The van der Waals surface area contributed by atoms with Crippen molar-refractivity contribution in [3.63, 3.8) is 0 Å². The monoisotopic (exact) mass is 567 g/mol. The summed E-state index contributed by atoms with van der Waals surface area (Å²) < 4.78 is 12.1. The number of hydrogen-bond acceptors (Lipinski definition) is 9. The fourth-order valence-corrected chi connectivity index (χ4v) is 5.34. The Morgan fingerprint density at radius 2 is 1.98 bits per heavy atom. The number of nitrogens with zero attached hydrogens (tertiary/aromatic N) is 4. The highest BCUT2D eigenvalue weighted by molar-refractivity contribution is 5.81. The molecular formula is C29H41N7O5. The Bertz CT molecular complexity index is 1390. The van der Waals surface area contributed by atoms with Crippen molar-refractivity contribution in [1.29, 1.82) is 0 Å². The van der Waals surface area contributed by atoms with Crippen molar-refractivity contribution in [1.82, 2.24) is 29.7 Å². The van der Waals surface area contributed by atoms with Crippen LogP contribution in [0.1, 0.15) is 57.1 Å². The number of nitrogen functional groups attached to an aromatic ring is 1. The second-order valence-electron chi connectivity index (χ2n) is 10.6. The number of rotatable bonds is 13. The fourth-order valence-electron chi connectivity index (χ4n) is 5.34. The van der Waals surface area contributed by atoms with E-state index in [2.05, 4.69) is 27.2 Å². The van der Waals surface area contributed by atoms with Crippen molar-refractivity contribution in [2.45, 2.75) is 71.5 Å². The number of aryl methyl sites for hydroxylation is 1. The first kappa shape index (κ1) is 30.0. The minimum absolute atomic E-state index is 0.0738. The van der Waals surface area contributed by atoms with Gasteiger partial charge >= 0.3 is 17.7 Å². The van der Waals surface area contributed by atoms with Gasteiger partial charge in [0.15, 0.2) is 11.5 Å². The molecular weight excluding hydrogens is 526 g/mol. The summed E-state index contributed by atoms with van der Waals surface area (Å²) in [6.45, 7) is 6.58. The summed E-state index contributed by atoms with van der Waals surface area (Å²) in [5.74, 6) is 0.306. The quantitative estimate of drug-likeness (QED) is 0.208. The number of aromatic amines is 1. The number of unbranched alkanes of at least 4 members (excludes halogenated alkanes) is 1. The molecule has 1 aliphatic rings. The maximum absolute atomic E-state index is 12.9. The number of ether oxygens (including phenoxy) is 2. The van der Waals surface area contributed by atoms with Crippen LogP contribution in [0.4, 0.5) is 5.82 Å². The molecule has 222 valence electrons. The number of anilines is 1. The Morgan fingerprint density at radius 3 is 2.68 bits per heavy atom. The molecule has 12 heteroatoms. The Morgan fingerprint density at radius 1 is 1.22 bits per heavy atom. The molecule has 3 heterocycles. The van der Waals surface area contributed by atoms with E-state index in [9.17, 15) is 14.4 Å². The summed E-state index contributed by atoms with van der Waals surface area (Å²) in [6, 6.07) is 8.10. The number of likely N-dealkylation sites (tertiary alicyclic amines) is 1. The third kappa shape index (κ3) is 7.84. The van der Waals surface area contributed by atoms with Crippen molar-refractivity contribution < 1.29 is 19.1 Å². The largest absolute Gasteiger partial charge is 0.469 e. The van der Waals surface area contributed by atoms with Crippen LogP contribution in [0.5, 0.6) is 6.01 Å². The third-order valence-electron chi connectivity index (χ3n) is 7.71. The zero-order valence-corrected chi connectivity index (χ0v) is 24.1. The number of nitrogens with one attached hydrogen (secondary N) is 2. The number of nitrogens with two attached hydrogens (primary N) is 1. The lowest BCUT2D eigenvalue weighted by Gasteiger charge is -2.36. The number of carbonyl (C=O) groups excluding carboxylic acids is 2. The lowest BCUT2D eigenvalue weighted by Crippen LogP contribution is -2.45. The zero-order valence-electron chi connectivity index (χ0n) is 24.1. The van der Waals surface area contributed by atoms with Gasteiger partial charge in [0.2, 0.25) is 5.91 Å². The molecule has 1 unspecified atom stereocenters. The van der Waals surface area contributed by atoms with Crippen LogP contribution in [-0.2, 0) is 33.8 Å². The number of fused-ring (bicyclic) bond motifs is 1. The van der Waals surface area contributed by atoms with Crippen molar-refractivity contribution in [2.75, 3.05) is 32.5 Å². The van der Waals surface area contributed by atoms with Gasteiger partial charge in [0, 0.05) is 39.1 Å². The summed E-state index contributed by atoms with van der Waals surface area (Å²) in [5, 5.41) is 3.70. The lowest BCUT2D eigenvalue weighted by molar-refractivity contribution is -0.139. The molecule has 0 spiro atoms. The number of hydrogen-bond donors (Lipinski definition) is 3. The van der Waals surface area contributed by atoms with Crippen LogP contribution < -0.4 is 21.5 Å². The molecule has 1 fully saturated rings.